The fourth-order valence-corrected chi connectivity index (χ4v) is 0.376. The zero-order valence-electron chi connectivity index (χ0n) is 4.99. The van der Waals surface area contributed by atoms with Crippen molar-refractivity contribution in [3.05, 3.63) is 0 Å². The van der Waals surface area contributed by atoms with Crippen LogP contribution in [0.5, 0.6) is 0 Å². The summed E-state index contributed by atoms with van der Waals surface area (Å²) < 4.78 is 4.80. The summed E-state index contributed by atoms with van der Waals surface area (Å²) in [5.74, 6) is 15.1. The van der Waals surface area contributed by atoms with Gasteiger partial charge in [-0.25, -0.2) is 0 Å². The van der Waals surface area contributed by atoms with E-state index in [0.717, 1.165) is 0 Å². The van der Waals surface area contributed by atoms with Crippen molar-refractivity contribution >= 4 is 0 Å². The van der Waals surface area contributed by atoms with Crippen LogP contribution in [-0.2, 0) is 9.57 Å². The summed E-state index contributed by atoms with van der Waals surface area (Å²) in [6.45, 7) is 1.06. The van der Waals surface area contributed by atoms with E-state index in [4.69, 9.17) is 27.1 Å². The van der Waals surface area contributed by atoms with Gasteiger partial charge in [-0.1, -0.05) is 0 Å². The van der Waals surface area contributed by atoms with E-state index in [0.29, 0.717) is 13.2 Å². The standard InChI is InChI=1S/C3H11N4O2/c4-7(5,6)9-2-3-1-8-3/h3H,1-2,4-6H2/q+1. The van der Waals surface area contributed by atoms with Gasteiger partial charge in [0.15, 0.2) is 0 Å². The van der Waals surface area contributed by atoms with E-state index in [-0.39, 0.29) is 6.10 Å². The molecule has 0 amide bonds. The van der Waals surface area contributed by atoms with E-state index in [2.05, 4.69) is 0 Å². The maximum Gasteiger partial charge on any atom is 0.142 e. The minimum Gasteiger partial charge on any atom is -0.370 e. The first kappa shape index (κ1) is 6.87. The van der Waals surface area contributed by atoms with Gasteiger partial charge in [0.2, 0.25) is 0 Å². The highest BCUT2D eigenvalue weighted by Gasteiger charge is 2.27. The van der Waals surface area contributed by atoms with E-state index < -0.39 is 4.97 Å². The molecule has 0 aromatic heterocycles. The Kier molecular flexibility index (Phi) is 1.66. The number of hydrogen-bond acceptors (Lipinski definition) is 5. The highest BCUT2D eigenvalue weighted by Crippen LogP contribution is 2.08. The van der Waals surface area contributed by atoms with Crippen LogP contribution in [0.15, 0.2) is 0 Å². The molecule has 0 saturated carbocycles. The van der Waals surface area contributed by atoms with Crippen LogP contribution in [0.2, 0.25) is 0 Å². The molecule has 0 radical (unpaired) electrons. The smallest absolute Gasteiger partial charge is 0.142 e. The largest absolute Gasteiger partial charge is 0.370 e. The highest BCUT2D eigenvalue weighted by atomic mass is 16.8. The fourth-order valence-electron chi connectivity index (χ4n) is 0.376. The predicted molar refractivity (Wildman–Crippen MR) is 28.5 cm³/mol. The van der Waals surface area contributed by atoms with Crippen molar-refractivity contribution in [3.63, 3.8) is 0 Å². The summed E-state index contributed by atoms with van der Waals surface area (Å²) in [6, 6.07) is 0. The Morgan fingerprint density at radius 3 is 2.44 bits per heavy atom. The second-order valence-corrected chi connectivity index (χ2v) is 2.01. The fraction of sp³-hybridized carbons (Fsp3) is 1.00. The number of quaternary nitrogens is 1. The molecule has 0 aliphatic carbocycles. The maximum absolute atomic E-state index is 5.03. The molecular formula is C3H11N4O2+. The molecule has 1 aliphatic heterocycles. The van der Waals surface area contributed by atoms with E-state index in [1.165, 1.54) is 0 Å². The van der Waals surface area contributed by atoms with Gasteiger partial charge in [0.25, 0.3) is 0 Å². The zero-order valence-corrected chi connectivity index (χ0v) is 4.99. The average Bonchev–Trinajstić information content (AvgIpc) is 2.38. The number of hydrogen-bond donors (Lipinski definition) is 3. The minimum atomic E-state index is -0.945. The molecule has 6 nitrogen and oxygen atoms in total. The lowest BCUT2D eigenvalue weighted by Crippen LogP contribution is -2.65. The lowest BCUT2D eigenvalue weighted by Gasteiger charge is -2.15. The summed E-state index contributed by atoms with van der Waals surface area (Å²) >= 11 is 0. The van der Waals surface area contributed by atoms with Crippen molar-refractivity contribution in [2.45, 2.75) is 6.10 Å². The monoisotopic (exact) mass is 135 g/mol. The molecular weight excluding hydrogens is 124 g/mol. The topological polar surface area (TPSA) is 99.8 Å². The lowest BCUT2D eigenvalue weighted by atomic mass is 10.5. The molecule has 0 spiro atoms. The zero-order chi connectivity index (χ0) is 6.91. The lowest BCUT2D eigenvalue weighted by molar-refractivity contribution is -1.14. The van der Waals surface area contributed by atoms with Crippen molar-refractivity contribution in [1.82, 2.24) is 0 Å². The Balaban J connectivity index is 2.03. The van der Waals surface area contributed by atoms with E-state index in [1.807, 2.05) is 0 Å². The van der Waals surface area contributed by atoms with Crippen molar-refractivity contribution in [2.24, 2.45) is 17.5 Å². The molecule has 6 heteroatoms. The second-order valence-electron chi connectivity index (χ2n) is 2.01. The van der Waals surface area contributed by atoms with Crippen LogP contribution in [0, 0.1) is 0 Å². The van der Waals surface area contributed by atoms with Gasteiger partial charge in [0, 0.05) is 4.97 Å². The van der Waals surface area contributed by atoms with Crippen molar-refractivity contribution in [2.75, 3.05) is 13.2 Å². The third-order valence-corrected chi connectivity index (χ3v) is 0.886. The summed E-state index contributed by atoms with van der Waals surface area (Å²) in [5.41, 5.74) is 0. The summed E-state index contributed by atoms with van der Waals surface area (Å²) in [7, 11) is 0. The Bertz CT molecular complexity index is 96.5. The Morgan fingerprint density at radius 1 is 1.56 bits per heavy atom. The van der Waals surface area contributed by atoms with Gasteiger partial charge in [-0.05, 0) is 0 Å². The molecule has 54 valence electrons. The highest BCUT2D eigenvalue weighted by molar-refractivity contribution is 4.65. The molecule has 6 N–H and O–H groups in total. The molecule has 0 bridgehead atoms. The molecule has 1 unspecified atom stereocenters. The van der Waals surface area contributed by atoms with Gasteiger partial charge in [0.1, 0.15) is 12.7 Å². The average molecular weight is 135 g/mol. The van der Waals surface area contributed by atoms with Crippen LogP contribution in [0.1, 0.15) is 0 Å². The SMILES string of the molecule is N[N+](N)(N)OCC1CO1. The number of nitrogens with two attached hydrogens (primary N) is 3. The molecule has 1 saturated heterocycles. The third-order valence-electron chi connectivity index (χ3n) is 0.886. The number of epoxide rings is 1. The molecule has 1 heterocycles. The van der Waals surface area contributed by atoms with Gasteiger partial charge in [-0.3, -0.25) is 0 Å². The van der Waals surface area contributed by atoms with Gasteiger partial charge in [0.05, 0.1) is 6.61 Å². The van der Waals surface area contributed by atoms with Crippen LogP contribution < -0.4 is 17.5 Å². The first-order valence-electron chi connectivity index (χ1n) is 2.59. The predicted octanol–water partition coefficient (Wildman–Crippen LogP) is -2.25. The van der Waals surface area contributed by atoms with Crippen molar-refractivity contribution < 1.29 is 14.5 Å². The maximum atomic E-state index is 5.03. The number of nitrogens with zero attached hydrogens (tertiary/aromatic N) is 1. The molecule has 0 aromatic rings. The van der Waals surface area contributed by atoms with Gasteiger partial charge >= 0.3 is 0 Å². The Labute approximate surface area is 52.5 Å². The van der Waals surface area contributed by atoms with Crippen molar-refractivity contribution in [1.29, 1.82) is 0 Å². The second kappa shape index (κ2) is 2.18. The van der Waals surface area contributed by atoms with E-state index in [1.54, 1.807) is 0 Å². The van der Waals surface area contributed by atoms with Gasteiger partial charge in [-0.2, -0.15) is 0 Å². The van der Waals surface area contributed by atoms with Gasteiger partial charge in [-0.15, -0.1) is 22.4 Å². The van der Waals surface area contributed by atoms with Crippen molar-refractivity contribution in [3.8, 4) is 0 Å². The Morgan fingerprint density at radius 2 is 2.11 bits per heavy atom. The van der Waals surface area contributed by atoms with Crippen LogP contribution in [0.25, 0.3) is 0 Å². The molecule has 1 rings (SSSR count). The minimum absolute atomic E-state index is 0.137. The van der Waals surface area contributed by atoms with Crippen LogP contribution in [0.4, 0.5) is 0 Å². The molecule has 1 aliphatic rings. The van der Waals surface area contributed by atoms with E-state index >= 15 is 0 Å². The number of rotatable bonds is 3. The first-order chi connectivity index (χ1) is 4.08. The van der Waals surface area contributed by atoms with Crippen LogP contribution >= 0.6 is 0 Å². The van der Waals surface area contributed by atoms with E-state index in [9.17, 15) is 0 Å². The van der Waals surface area contributed by atoms with Crippen LogP contribution in [-0.4, -0.2) is 24.3 Å². The normalized spacial score (nSPS) is 26.3. The molecule has 1 atom stereocenters. The molecule has 1 fully saturated rings. The van der Waals surface area contributed by atoms with Gasteiger partial charge < -0.3 is 4.74 Å². The first-order valence-corrected chi connectivity index (χ1v) is 2.59. The summed E-state index contributed by atoms with van der Waals surface area (Å²) in [5, 5.41) is 0. The molecule has 0 aromatic carbocycles. The third kappa shape index (κ3) is 3.36. The Hall–Kier alpha value is -0.240. The number of ether oxygens (including phenoxy) is 1. The van der Waals surface area contributed by atoms with Crippen LogP contribution in [0.3, 0.4) is 0 Å². The summed E-state index contributed by atoms with van der Waals surface area (Å²) in [6.07, 6.45) is 0.137. The summed E-state index contributed by atoms with van der Waals surface area (Å²) in [4.78, 5) is 3.75. The molecule has 9 heavy (non-hydrogen) atoms. The quantitative estimate of drug-likeness (QED) is 0.176.